The maximum atomic E-state index is 13.8. The van der Waals surface area contributed by atoms with Crippen molar-refractivity contribution in [1.29, 1.82) is 0 Å². The van der Waals surface area contributed by atoms with Gasteiger partial charge in [-0.1, -0.05) is 11.6 Å². The Hall–Kier alpha value is -1.17. The van der Waals surface area contributed by atoms with Crippen molar-refractivity contribution in [3.63, 3.8) is 0 Å². The van der Waals surface area contributed by atoms with Gasteiger partial charge in [0, 0.05) is 30.7 Å². The first-order valence-corrected chi connectivity index (χ1v) is 7.89. The van der Waals surface area contributed by atoms with E-state index in [2.05, 4.69) is 4.90 Å². The molecule has 1 saturated heterocycles. The lowest BCUT2D eigenvalue weighted by atomic mass is 10.0. The van der Waals surface area contributed by atoms with E-state index in [9.17, 15) is 14.3 Å². The van der Waals surface area contributed by atoms with E-state index < -0.39 is 5.82 Å². The minimum absolute atomic E-state index is 0.0308. The fourth-order valence-electron chi connectivity index (χ4n) is 2.91. The molecular weight excluding hydrogens is 307 g/mol. The molecule has 0 aromatic heterocycles. The molecule has 1 atom stereocenters. The Kier molecular flexibility index (Phi) is 5.78. The average Bonchev–Trinajstić information content (AvgIpc) is 2.48. The average molecular weight is 329 g/mol. The SMILES string of the molecule is CC(O)CN(C)C1CCN(C(=O)c2cc(Cl)ccc2F)CC1. The fraction of sp³-hybridized carbons (Fsp3) is 0.562. The molecule has 1 heterocycles. The summed E-state index contributed by atoms with van der Waals surface area (Å²) >= 11 is 5.85. The Morgan fingerprint density at radius 2 is 2.14 bits per heavy atom. The molecule has 4 nitrogen and oxygen atoms in total. The molecule has 1 unspecified atom stereocenters. The Morgan fingerprint density at radius 1 is 1.50 bits per heavy atom. The lowest BCUT2D eigenvalue weighted by Crippen LogP contribution is -2.47. The minimum Gasteiger partial charge on any atom is -0.392 e. The molecule has 6 heteroatoms. The second-order valence-electron chi connectivity index (χ2n) is 5.94. The van der Waals surface area contributed by atoms with Gasteiger partial charge in [-0.25, -0.2) is 4.39 Å². The van der Waals surface area contributed by atoms with Gasteiger partial charge in [0.1, 0.15) is 5.82 Å². The molecule has 1 aromatic rings. The first-order valence-electron chi connectivity index (χ1n) is 7.51. The maximum Gasteiger partial charge on any atom is 0.256 e. The van der Waals surface area contributed by atoms with Gasteiger partial charge in [-0.3, -0.25) is 4.79 Å². The molecular formula is C16H22ClFN2O2. The van der Waals surface area contributed by atoms with Crippen LogP contribution in [-0.2, 0) is 0 Å². The lowest BCUT2D eigenvalue weighted by Gasteiger charge is -2.37. The van der Waals surface area contributed by atoms with Gasteiger partial charge >= 0.3 is 0 Å². The summed E-state index contributed by atoms with van der Waals surface area (Å²) in [4.78, 5) is 16.2. The molecule has 1 fully saturated rings. The van der Waals surface area contributed by atoms with Crippen LogP contribution in [0.15, 0.2) is 18.2 Å². The molecule has 1 aliphatic rings. The van der Waals surface area contributed by atoms with Gasteiger partial charge < -0.3 is 14.9 Å². The van der Waals surface area contributed by atoms with Crippen LogP contribution in [0.4, 0.5) is 4.39 Å². The summed E-state index contributed by atoms with van der Waals surface area (Å²) in [6.45, 7) is 3.54. The number of likely N-dealkylation sites (tertiary alicyclic amines) is 1. The highest BCUT2D eigenvalue weighted by molar-refractivity contribution is 6.31. The highest BCUT2D eigenvalue weighted by Crippen LogP contribution is 2.21. The van der Waals surface area contributed by atoms with Gasteiger partial charge in [-0.05, 0) is 45.0 Å². The minimum atomic E-state index is -0.539. The van der Waals surface area contributed by atoms with E-state index in [-0.39, 0.29) is 17.6 Å². The molecule has 122 valence electrons. The largest absolute Gasteiger partial charge is 0.392 e. The van der Waals surface area contributed by atoms with Crippen LogP contribution in [0.1, 0.15) is 30.1 Å². The summed E-state index contributed by atoms with van der Waals surface area (Å²) in [5.74, 6) is -0.848. The first kappa shape index (κ1) is 17.2. The van der Waals surface area contributed by atoms with Crippen molar-refractivity contribution >= 4 is 17.5 Å². The van der Waals surface area contributed by atoms with E-state index in [4.69, 9.17) is 11.6 Å². The Labute approximate surface area is 135 Å². The van der Waals surface area contributed by atoms with E-state index in [1.54, 1.807) is 11.8 Å². The third-order valence-electron chi connectivity index (χ3n) is 4.09. The van der Waals surface area contributed by atoms with E-state index in [1.165, 1.54) is 18.2 Å². The number of carbonyl (C=O) groups excluding carboxylic acids is 1. The summed E-state index contributed by atoms with van der Waals surface area (Å²) in [5, 5.41) is 9.80. The summed E-state index contributed by atoms with van der Waals surface area (Å²) in [7, 11) is 1.98. The van der Waals surface area contributed by atoms with Crippen molar-refractivity contribution in [2.24, 2.45) is 0 Å². The van der Waals surface area contributed by atoms with Gasteiger partial charge in [0.25, 0.3) is 5.91 Å². The number of aliphatic hydroxyl groups excluding tert-OH is 1. The number of likely N-dealkylation sites (N-methyl/N-ethyl adjacent to an activating group) is 1. The molecule has 0 bridgehead atoms. The topological polar surface area (TPSA) is 43.8 Å². The Bertz CT molecular complexity index is 531. The van der Waals surface area contributed by atoms with Gasteiger partial charge in [0.05, 0.1) is 11.7 Å². The van der Waals surface area contributed by atoms with Gasteiger partial charge in [-0.2, -0.15) is 0 Å². The number of amides is 1. The smallest absolute Gasteiger partial charge is 0.256 e. The van der Waals surface area contributed by atoms with Crippen molar-refractivity contribution in [2.75, 3.05) is 26.7 Å². The Balaban J connectivity index is 1.96. The number of hydrogen-bond donors (Lipinski definition) is 1. The number of nitrogens with zero attached hydrogens (tertiary/aromatic N) is 2. The summed E-state index contributed by atoms with van der Waals surface area (Å²) in [5.41, 5.74) is 0.0308. The van der Waals surface area contributed by atoms with E-state index in [0.717, 1.165) is 12.8 Å². The molecule has 1 N–H and O–H groups in total. The van der Waals surface area contributed by atoms with E-state index in [1.807, 2.05) is 7.05 Å². The number of hydrogen-bond acceptors (Lipinski definition) is 3. The third kappa shape index (κ3) is 4.18. The van der Waals surface area contributed by atoms with Crippen LogP contribution in [0.25, 0.3) is 0 Å². The van der Waals surface area contributed by atoms with Crippen LogP contribution in [0.3, 0.4) is 0 Å². The zero-order valence-corrected chi connectivity index (χ0v) is 13.7. The zero-order valence-electron chi connectivity index (χ0n) is 12.9. The molecule has 1 aliphatic heterocycles. The van der Waals surface area contributed by atoms with Crippen LogP contribution in [0.2, 0.25) is 5.02 Å². The fourth-order valence-corrected chi connectivity index (χ4v) is 3.08. The summed E-state index contributed by atoms with van der Waals surface area (Å²) < 4.78 is 13.8. The molecule has 0 spiro atoms. The number of aliphatic hydroxyl groups is 1. The number of rotatable bonds is 4. The Morgan fingerprint density at radius 3 is 2.73 bits per heavy atom. The van der Waals surface area contributed by atoms with Crippen LogP contribution in [0.5, 0.6) is 0 Å². The van der Waals surface area contributed by atoms with Gasteiger partial charge in [0.2, 0.25) is 0 Å². The monoisotopic (exact) mass is 328 g/mol. The number of carbonyl (C=O) groups is 1. The van der Waals surface area contributed by atoms with Crippen LogP contribution < -0.4 is 0 Å². The molecule has 0 saturated carbocycles. The third-order valence-corrected chi connectivity index (χ3v) is 4.32. The summed E-state index contributed by atoms with van der Waals surface area (Å²) in [6.07, 6.45) is 1.26. The molecule has 1 amide bonds. The van der Waals surface area contributed by atoms with Crippen molar-refractivity contribution in [3.05, 3.63) is 34.6 Å². The molecule has 0 aliphatic carbocycles. The predicted molar refractivity (Wildman–Crippen MR) is 84.6 cm³/mol. The second kappa shape index (κ2) is 7.40. The number of halogens is 2. The van der Waals surface area contributed by atoms with Crippen LogP contribution >= 0.6 is 11.6 Å². The van der Waals surface area contributed by atoms with Crippen LogP contribution in [0, 0.1) is 5.82 Å². The number of benzene rings is 1. The van der Waals surface area contributed by atoms with Crippen LogP contribution in [-0.4, -0.2) is 59.6 Å². The maximum absolute atomic E-state index is 13.8. The zero-order chi connectivity index (χ0) is 16.3. The quantitative estimate of drug-likeness (QED) is 0.923. The number of piperidine rings is 1. The standard InChI is InChI=1S/C16H22ClFN2O2/c1-11(21)10-19(2)13-5-7-20(8-6-13)16(22)14-9-12(17)3-4-15(14)18/h3-4,9,11,13,21H,5-8,10H2,1-2H3. The van der Waals surface area contributed by atoms with Crippen molar-refractivity contribution < 1.29 is 14.3 Å². The second-order valence-corrected chi connectivity index (χ2v) is 6.37. The molecule has 22 heavy (non-hydrogen) atoms. The lowest BCUT2D eigenvalue weighted by molar-refractivity contribution is 0.0573. The molecule has 2 rings (SSSR count). The van der Waals surface area contributed by atoms with Crippen molar-refractivity contribution in [1.82, 2.24) is 9.80 Å². The highest BCUT2D eigenvalue weighted by atomic mass is 35.5. The molecule has 0 radical (unpaired) electrons. The highest BCUT2D eigenvalue weighted by Gasteiger charge is 2.27. The van der Waals surface area contributed by atoms with E-state index >= 15 is 0 Å². The normalized spacial score (nSPS) is 17.8. The predicted octanol–water partition coefficient (Wildman–Crippen LogP) is 2.40. The first-order chi connectivity index (χ1) is 10.4. The summed E-state index contributed by atoms with van der Waals surface area (Å²) in [6, 6.07) is 4.37. The van der Waals surface area contributed by atoms with Gasteiger partial charge in [0.15, 0.2) is 0 Å². The van der Waals surface area contributed by atoms with Crippen molar-refractivity contribution in [3.8, 4) is 0 Å². The van der Waals surface area contributed by atoms with Crippen molar-refractivity contribution in [2.45, 2.75) is 31.9 Å². The van der Waals surface area contributed by atoms with Gasteiger partial charge in [-0.15, -0.1) is 0 Å². The van der Waals surface area contributed by atoms with E-state index in [0.29, 0.717) is 30.7 Å². The molecule has 1 aromatic carbocycles.